The molecule has 0 fully saturated rings. The van der Waals surface area contributed by atoms with Gasteiger partial charge in [-0.1, -0.05) is 88.8 Å². The second-order valence-corrected chi connectivity index (χ2v) is 14.4. The minimum absolute atomic E-state index is 0.0251. The molecule has 0 aliphatic carbocycles. The fourth-order valence-electron chi connectivity index (χ4n) is 5.55. The van der Waals surface area contributed by atoms with Crippen LogP contribution >= 0.6 is 0 Å². The maximum Gasteiger partial charge on any atom is 0.308 e. The number of rotatable bonds is 30. The number of aromatic nitrogens is 1. The minimum atomic E-state index is -0.480. The molecule has 0 aliphatic rings. The van der Waals surface area contributed by atoms with Crippen LogP contribution in [0.25, 0.3) is 12.2 Å². The lowest BCUT2D eigenvalue weighted by atomic mass is 10.1. The Morgan fingerprint density at radius 3 is 1.79 bits per heavy atom. The van der Waals surface area contributed by atoms with E-state index in [1.807, 2.05) is 20.8 Å². The van der Waals surface area contributed by atoms with Crippen LogP contribution in [0.5, 0.6) is 0 Å². The molecule has 1 aromatic heterocycles. The molecule has 9 nitrogen and oxygen atoms in total. The van der Waals surface area contributed by atoms with Crippen LogP contribution in [0.2, 0.25) is 0 Å². The molecule has 1 heterocycles. The Balaban J connectivity index is 1.55. The number of amides is 1. The number of hydrogen-bond acceptors (Lipinski definition) is 7. The zero-order valence-corrected chi connectivity index (χ0v) is 33.6. The molecule has 1 N–H and O–H groups in total. The van der Waals surface area contributed by atoms with Crippen molar-refractivity contribution in [3.05, 3.63) is 72.1 Å². The maximum atomic E-state index is 12.2. The van der Waals surface area contributed by atoms with Crippen molar-refractivity contribution in [2.24, 2.45) is 0 Å². The molecule has 0 atom stereocenters. The minimum Gasteiger partial charge on any atom is -0.460 e. The van der Waals surface area contributed by atoms with Gasteiger partial charge in [0, 0.05) is 50.3 Å². The lowest BCUT2D eigenvalue weighted by Crippen LogP contribution is -2.34. The molecule has 53 heavy (non-hydrogen) atoms. The van der Waals surface area contributed by atoms with Gasteiger partial charge in [-0.15, -0.1) is 0 Å². The highest BCUT2D eigenvalue weighted by atomic mass is 16.6. The van der Waals surface area contributed by atoms with E-state index in [9.17, 15) is 9.59 Å². The number of aryl methyl sites for hydroxylation is 1. The first-order valence-corrected chi connectivity index (χ1v) is 20.1. The molecule has 1 aromatic carbocycles. The van der Waals surface area contributed by atoms with Gasteiger partial charge in [0.25, 0.3) is 0 Å². The van der Waals surface area contributed by atoms with E-state index >= 15 is 0 Å². The van der Waals surface area contributed by atoms with E-state index in [0.717, 1.165) is 31.6 Å². The number of allylic oxidation sites excluding steroid dienone is 2. The zero-order valence-electron chi connectivity index (χ0n) is 33.6. The van der Waals surface area contributed by atoms with E-state index in [2.05, 4.69) is 102 Å². The quantitative estimate of drug-likeness (QED) is 0.0373. The molecule has 2 rings (SSSR count). The summed E-state index contributed by atoms with van der Waals surface area (Å²) in [6, 6.07) is 13.2. The van der Waals surface area contributed by atoms with Crippen LogP contribution in [0.1, 0.15) is 116 Å². The van der Waals surface area contributed by atoms with Crippen molar-refractivity contribution in [1.82, 2.24) is 5.32 Å². The van der Waals surface area contributed by atoms with Crippen molar-refractivity contribution in [1.29, 1.82) is 0 Å². The van der Waals surface area contributed by atoms with Gasteiger partial charge >= 0.3 is 5.97 Å². The summed E-state index contributed by atoms with van der Waals surface area (Å²) in [6.45, 7) is 16.1. The Morgan fingerprint density at radius 1 is 0.679 bits per heavy atom. The van der Waals surface area contributed by atoms with Crippen LogP contribution in [-0.2, 0) is 35.1 Å². The molecule has 0 radical (unpaired) electrons. The first-order chi connectivity index (χ1) is 25.7. The van der Waals surface area contributed by atoms with Gasteiger partial charge in [-0.05, 0) is 56.9 Å². The summed E-state index contributed by atoms with van der Waals surface area (Å²) in [6.07, 6.45) is 24.4. The summed E-state index contributed by atoms with van der Waals surface area (Å²) < 4.78 is 23.7. The molecule has 0 unspecified atom stereocenters. The number of carbonyl (C=O) groups is 2. The van der Waals surface area contributed by atoms with Crippen molar-refractivity contribution >= 4 is 29.7 Å². The van der Waals surface area contributed by atoms with Crippen molar-refractivity contribution in [3.8, 4) is 0 Å². The van der Waals surface area contributed by atoms with Gasteiger partial charge < -0.3 is 29.2 Å². The van der Waals surface area contributed by atoms with Gasteiger partial charge in [0.2, 0.25) is 5.91 Å². The normalized spacial score (nSPS) is 11.8. The lowest BCUT2D eigenvalue weighted by Gasteiger charge is -2.25. The summed E-state index contributed by atoms with van der Waals surface area (Å²) in [5.74, 6) is -0.243. The SMILES string of the molecule is CCCCCCN(CCCCCC)c1ccc(/C=C/C=C/c2cc[n+](CCCC(=O)NCCOCCOCCOCCC(=O)OC(C)(C)C)cc2)cc1. The third-order valence-electron chi connectivity index (χ3n) is 8.43. The number of pyridine rings is 1. The van der Waals surface area contributed by atoms with Crippen LogP contribution in [0.3, 0.4) is 0 Å². The number of anilines is 1. The molecule has 0 spiro atoms. The number of nitrogens with zero attached hydrogens (tertiary/aromatic N) is 2. The van der Waals surface area contributed by atoms with Crippen LogP contribution in [0.15, 0.2) is 60.9 Å². The molecule has 9 heteroatoms. The van der Waals surface area contributed by atoms with Gasteiger partial charge in [-0.2, -0.15) is 0 Å². The van der Waals surface area contributed by atoms with Gasteiger partial charge in [0.05, 0.1) is 46.1 Å². The van der Waals surface area contributed by atoms with Crippen molar-refractivity contribution in [2.45, 2.75) is 117 Å². The highest BCUT2D eigenvalue weighted by molar-refractivity contribution is 5.75. The predicted octanol–water partition coefficient (Wildman–Crippen LogP) is 8.35. The summed E-state index contributed by atoms with van der Waals surface area (Å²) in [7, 11) is 0. The molecule has 296 valence electrons. The van der Waals surface area contributed by atoms with E-state index in [4.69, 9.17) is 18.9 Å². The number of unbranched alkanes of at least 4 members (excludes halogenated alkanes) is 6. The van der Waals surface area contributed by atoms with E-state index in [-0.39, 0.29) is 18.3 Å². The molecule has 0 aliphatic heterocycles. The molecular formula is C44H70N3O6+. The predicted molar refractivity (Wildman–Crippen MR) is 217 cm³/mol. The Hall–Kier alpha value is -3.53. The molecule has 0 saturated carbocycles. The van der Waals surface area contributed by atoms with E-state index in [0.29, 0.717) is 52.6 Å². The average molecular weight is 737 g/mol. The topological polar surface area (TPSA) is 90.2 Å². The fraction of sp³-hybridized carbons (Fsp3) is 0.614. The van der Waals surface area contributed by atoms with Gasteiger partial charge in [-0.3, -0.25) is 9.59 Å². The number of carbonyl (C=O) groups excluding carboxylic acids is 2. The van der Waals surface area contributed by atoms with Gasteiger partial charge in [0.1, 0.15) is 12.1 Å². The molecular weight excluding hydrogens is 666 g/mol. The second kappa shape index (κ2) is 28.9. The van der Waals surface area contributed by atoms with Crippen LogP contribution in [-0.4, -0.2) is 76.8 Å². The van der Waals surface area contributed by atoms with Crippen molar-refractivity contribution in [3.63, 3.8) is 0 Å². The Kier molecular flexibility index (Phi) is 24.9. The molecule has 2 aromatic rings. The van der Waals surface area contributed by atoms with Crippen molar-refractivity contribution in [2.75, 3.05) is 64.2 Å². The fourth-order valence-corrected chi connectivity index (χ4v) is 5.55. The van der Waals surface area contributed by atoms with Crippen LogP contribution in [0.4, 0.5) is 5.69 Å². The Morgan fingerprint density at radius 2 is 1.23 bits per heavy atom. The lowest BCUT2D eigenvalue weighted by molar-refractivity contribution is -0.697. The number of nitrogens with one attached hydrogen (secondary N) is 1. The van der Waals surface area contributed by atoms with Crippen LogP contribution < -0.4 is 14.8 Å². The summed E-state index contributed by atoms with van der Waals surface area (Å²) in [5, 5.41) is 2.91. The summed E-state index contributed by atoms with van der Waals surface area (Å²) in [5.41, 5.74) is 3.19. The van der Waals surface area contributed by atoms with E-state index < -0.39 is 5.60 Å². The number of esters is 1. The monoisotopic (exact) mass is 737 g/mol. The highest BCUT2D eigenvalue weighted by Crippen LogP contribution is 2.19. The van der Waals surface area contributed by atoms with Gasteiger partial charge in [-0.25, -0.2) is 4.57 Å². The van der Waals surface area contributed by atoms with Gasteiger partial charge in [0.15, 0.2) is 12.4 Å². The van der Waals surface area contributed by atoms with E-state index in [1.165, 1.54) is 62.6 Å². The van der Waals surface area contributed by atoms with Crippen molar-refractivity contribution < 1.29 is 33.1 Å². The third kappa shape index (κ3) is 24.4. The average Bonchev–Trinajstić information content (AvgIpc) is 3.13. The highest BCUT2D eigenvalue weighted by Gasteiger charge is 2.15. The number of ether oxygens (including phenoxy) is 4. The Bertz CT molecular complexity index is 1280. The number of benzene rings is 1. The smallest absolute Gasteiger partial charge is 0.308 e. The molecule has 0 saturated heterocycles. The summed E-state index contributed by atoms with van der Waals surface area (Å²) >= 11 is 0. The Labute approximate surface area is 321 Å². The van der Waals surface area contributed by atoms with E-state index in [1.54, 1.807) is 0 Å². The van der Waals surface area contributed by atoms with Crippen LogP contribution in [0, 0.1) is 0 Å². The first-order valence-electron chi connectivity index (χ1n) is 20.1. The molecule has 1 amide bonds. The maximum absolute atomic E-state index is 12.2. The largest absolute Gasteiger partial charge is 0.460 e. The standard InChI is InChI=1S/C44H69N3O6/c1-6-8-10-14-29-47(30-15-11-9-7-2)41-22-20-39(21-23-41)17-12-13-18-40-24-31-46(32-25-40)28-16-19-42(48)45-27-34-51-36-38-52-37-35-50-33-26-43(49)53-44(3,4)5/h12-13,17-18,20-25,31-32H,6-11,14-16,19,26-30,33-38H2,1-5H3/p+1. The second-order valence-electron chi connectivity index (χ2n) is 14.4. The zero-order chi connectivity index (χ0) is 38.4. The molecule has 0 bridgehead atoms. The summed E-state index contributed by atoms with van der Waals surface area (Å²) in [4.78, 5) is 26.4. The third-order valence-corrected chi connectivity index (χ3v) is 8.43. The number of hydrogen-bond donors (Lipinski definition) is 1. The first kappa shape index (κ1) is 45.6.